The molecule has 1 unspecified atom stereocenters. The van der Waals surface area contributed by atoms with Gasteiger partial charge in [0.05, 0.1) is 13.2 Å². The Bertz CT molecular complexity index is 200. The van der Waals surface area contributed by atoms with Crippen molar-refractivity contribution in [1.82, 2.24) is 5.32 Å². The van der Waals surface area contributed by atoms with Crippen molar-refractivity contribution in [2.75, 3.05) is 7.11 Å². The Morgan fingerprint density at radius 3 is 2.50 bits per heavy atom. The zero-order valence-electron chi connectivity index (χ0n) is 9.74. The van der Waals surface area contributed by atoms with Gasteiger partial charge in [-0.3, -0.25) is 0 Å². The Kier molecular flexibility index (Phi) is 6.80. The van der Waals surface area contributed by atoms with Gasteiger partial charge in [0, 0.05) is 6.04 Å². The maximum atomic E-state index is 4.76. The summed E-state index contributed by atoms with van der Waals surface area (Å²) in [7, 11) is 1.57. The minimum absolute atomic E-state index is 0.283. The van der Waals surface area contributed by atoms with E-state index in [4.69, 9.17) is 4.74 Å². The van der Waals surface area contributed by atoms with Crippen LogP contribution in [-0.2, 0) is 4.74 Å². The predicted octanol–water partition coefficient (Wildman–Crippen LogP) is 1.81. The quantitative estimate of drug-likeness (QED) is 0.554. The zero-order valence-corrected chi connectivity index (χ0v) is 9.74. The molecule has 0 aliphatic carbocycles. The van der Waals surface area contributed by atoms with Crippen molar-refractivity contribution in [1.29, 1.82) is 0 Å². The van der Waals surface area contributed by atoms with Crippen molar-refractivity contribution in [3.05, 3.63) is 0 Å². The largest absolute Gasteiger partial charge is 0.486 e. The van der Waals surface area contributed by atoms with Crippen molar-refractivity contribution in [3.8, 4) is 0 Å². The van der Waals surface area contributed by atoms with E-state index in [1.807, 2.05) is 0 Å². The van der Waals surface area contributed by atoms with Gasteiger partial charge in [-0.15, -0.1) is 0 Å². The lowest BCUT2D eigenvalue weighted by Gasteiger charge is -2.10. The van der Waals surface area contributed by atoms with Crippen LogP contribution in [0.4, 0.5) is 0 Å². The normalized spacial score (nSPS) is 14.9. The lowest BCUT2D eigenvalue weighted by molar-refractivity contribution is 0.423. The van der Waals surface area contributed by atoms with Gasteiger partial charge in [0.2, 0.25) is 5.96 Å². The highest BCUT2D eigenvalue weighted by Crippen LogP contribution is 1.96. The summed E-state index contributed by atoms with van der Waals surface area (Å²) < 4.78 is 4.76. The molecular weight excluding hydrogens is 178 g/mol. The van der Waals surface area contributed by atoms with Crippen molar-refractivity contribution in [3.63, 3.8) is 0 Å². The molecule has 0 fully saturated rings. The standard InChI is InChI=1S/C10H21N3O/c1-6-9(4)13-10(11-7-14-5)12-8(2)3/h7-9H,6H2,1-5H3,(H,12,13)/b11-7+. The second kappa shape index (κ2) is 7.35. The highest BCUT2D eigenvalue weighted by atomic mass is 16.5. The number of nitrogens with one attached hydrogen (secondary N) is 1. The fourth-order valence-corrected chi connectivity index (χ4v) is 0.769. The number of nitrogens with zero attached hydrogens (tertiary/aromatic N) is 2. The third-order valence-electron chi connectivity index (χ3n) is 1.63. The van der Waals surface area contributed by atoms with Crippen LogP contribution < -0.4 is 5.32 Å². The van der Waals surface area contributed by atoms with Crippen LogP contribution in [0.2, 0.25) is 0 Å². The molecule has 0 aromatic rings. The molecule has 0 bridgehead atoms. The SMILES string of the molecule is CCC(C)/N=C(\N=C\OC)NC(C)C. The fourth-order valence-electron chi connectivity index (χ4n) is 0.769. The molecule has 0 saturated heterocycles. The van der Waals surface area contributed by atoms with Gasteiger partial charge in [0.1, 0.15) is 0 Å². The first-order valence-corrected chi connectivity index (χ1v) is 4.99. The van der Waals surface area contributed by atoms with E-state index < -0.39 is 0 Å². The molecule has 14 heavy (non-hydrogen) atoms. The maximum Gasteiger partial charge on any atom is 0.221 e. The number of guanidine groups is 1. The Hall–Kier alpha value is -1.06. The molecule has 0 aromatic heterocycles. The first-order valence-electron chi connectivity index (χ1n) is 4.99. The third-order valence-corrected chi connectivity index (χ3v) is 1.63. The number of ether oxygens (including phenoxy) is 1. The number of hydrogen-bond acceptors (Lipinski definition) is 2. The summed E-state index contributed by atoms with van der Waals surface area (Å²) in [5.41, 5.74) is 0. The number of aliphatic imine (C=N–C) groups is 2. The second-order valence-corrected chi connectivity index (χ2v) is 3.48. The summed E-state index contributed by atoms with van der Waals surface area (Å²) in [6, 6.07) is 0.608. The lowest BCUT2D eigenvalue weighted by atomic mass is 10.3. The van der Waals surface area contributed by atoms with E-state index >= 15 is 0 Å². The van der Waals surface area contributed by atoms with Crippen LogP contribution in [0.3, 0.4) is 0 Å². The van der Waals surface area contributed by atoms with Crippen LogP contribution in [-0.4, -0.2) is 31.6 Å². The first kappa shape index (κ1) is 12.9. The minimum Gasteiger partial charge on any atom is -0.486 e. The molecule has 0 aliphatic heterocycles. The van der Waals surface area contributed by atoms with E-state index in [1.54, 1.807) is 7.11 Å². The number of rotatable bonds is 4. The molecule has 82 valence electrons. The monoisotopic (exact) mass is 199 g/mol. The van der Waals surface area contributed by atoms with E-state index in [9.17, 15) is 0 Å². The molecule has 0 spiro atoms. The van der Waals surface area contributed by atoms with Crippen LogP contribution in [0, 0.1) is 0 Å². The summed E-state index contributed by atoms with van der Waals surface area (Å²) >= 11 is 0. The smallest absolute Gasteiger partial charge is 0.221 e. The lowest BCUT2D eigenvalue weighted by Crippen LogP contribution is -2.30. The van der Waals surface area contributed by atoms with Crippen LogP contribution in [0.1, 0.15) is 34.1 Å². The molecule has 0 heterocycles. The zero-order chi connectivity index (χ0) is 11.0. The molecular formula is C10H21N3O. The van der Waals surface area contributed by atoms with Crippen LogP contribution in [0.5, 0.6) is 0 Å². The minimum atomic E-state index is 0.283. The molecule has 0 saturated carbocycles. The Morgan fingerprint density at radius 1 is 1.43 bits per heavy atom. The topological polar surface area (TPSA) is 46.0 Å². The van der Waals surface area contributed by atoms with E-state index in [-0.39, 0.29) is 6.04 Å². The Balaban J connectivity index is 4.37. The second-order valence-electron chi connectivity index (χ2n) is 3.48. The predicted molar refractivity (Wildman–Crippen MR) is 61.0 cm³/mol. The molecule has 0 radical (unpaired) electrons. The van der Waals surface area contributed by atoms with Crippen molar-refractivity contribution in [2.24, 2.45) is 9.98 Å². The van der Waals surface area contributed by atoms with E-state index in [2.05, 4.69) is 43.0 Å². The van der Waals surface area contributed by atoms with Gasteiger partial charge in [0.15, 0.2) is 6.40 Å². The summed E-state index contributed by atoms with van der Waals surface area (Å²) in [5.74, 6) is 0.635. The van der Waals surface area contributed by atoms with Gasteiger partial charge < -0.3 is 10.1 Å². The highest BCUT2D eigenvalue weighted by molar-refractivity contribution is 5.86. The van der Waals surface area contributed by atoms with Gasteiger partial charge in [0.25, 0.3) is 0 Å². The maximum absolute atomic E-state index is 4.76. The molecule has 0 amide bonds. The Labute approximate surface area is 86.5 Å². The van der Waals surface area contributed by atoms with Gasteiger partial charge >= 0.3 is 0 Å². The summed E-state index contributed by atoms with van der Waals surface area (Å²) in [4.78, 5) is 8.46. The summed E-state index contributed by atoms with van der Waals surface area (Å²) in [6.45, 7) is 8.26. The molecule has 0 rings (SSSR count). The molecule has 1 atom stereocenters. The molecule has 4 nitrogen and oxygen atoms in total. The van der Waals surface area contributed by atoms with Crippen LogP contribution >= 0.6 is 0 Å². The van der Waals surface area contributed by atoms with Crippen LogP contribution in [0.15, 0.2) is 9.98 Å². The number of methoxy groups -OCH3 is 1. The first-order chi connectivity index (χ1) is 6.60. The average molecular weight is 199 g/mol. The van der Waals surface area contributed by atoms with E-state index in [0.29, 0.717) is 12.0 Å². The molecule has 0 aromatic carbocycles. The molecule has 0 aliphatic rings. The number of hydrogen-bond donors (Lipinski definition) is 1. The fraction of sp³-hybridized carbons (Fsp3) is 0.800. The van der Waals surface area contributed by atoms with Crippen LogP contribution in [0.25, 0.3) is 0 Å². The van der Waals surface area contributed by atoms with Gasteiger partial charge in [-0.05, 0) is 27.2 Å². The molecule has 4 heteroatoms. The summed E-state index contributed by atoms with van der Waals surface area (Å²) in [6.07, 6.45) is 2.39. The van der Waals surface area contributed by atoms with E-state index in [0.717, 1.165) is 6.42 Å². The van der Waals surface area contributed by atoms with Crippen molar-refractivity contribution >= 4 is 12.4 Å². The highest BCUT2D eigenvalue weighted by Gasteiger charge is 2.01. The Morgan fingerprint density at radius 2 is 2.07 bits per heavy atom. The summed E-state index contributed by atoms with van der Waals surface area (Å²) in [5, 5.41) is 3.15. The van der Waals surface area contributed by atoms with Crippen molar-refractivity contribution in [2.45, 2.75) is 46.2 Å². The third kappa shape index (κ3) is 6.46. The van der Waals surface area contributed by atoms with Gasteiger partial charge in [-0.25, -0.2) is 4.99 Å². The average Bonchev–Trinajstić information content (AvgIpc) is 2.13. The van der Waals surface area contributed by atoms with Gasteiger partial charge in [-0.1, -0.05) is 6.92 Å². The molecule has 1 N–H and O–H groups in total. The van der Waals surface area contributed by atoms with Crippen molar-refractivity contribution < 1.29 is 4.74 Å². The van der Waals surface area contributed by atoms with E-state index in [1.165, 1.54) is 6.40 Å². The van der Waals surface area contributed by atoms with Gasteiger partial charge in [-0.2, -0.15) is 4.99 Å².